The molecule has 19 heavy (non-hydrogen) atoms. The minimum absolute atomic E-state index is 0.390. The fourth-order valence-electron chi connectivity index (χ4n) is 1.76. The Hall–Kier alpha value is -2.49. The van der Waals surface area contributed by atoms with Crippen LogP contribution in [0, 0.1) is 13.8 Å². The Bertz CT molecular complexity index is 648. The standard InChI is InChI=1S/C15H14N2O2/c1-10-3-4-11(2)12(9-10)13-7-8-16-14(17-13)5-6-15(18)19/h3-9H,1-2H3,(H,18,19)/b6-5+. The highest BCUT2D eigenvalue weighted by Gasteiger charge is 2.04. The van der Waals surface area contributed by atoms with Gasteiger partial charge < -0.3 is 5.11 Å². The smallest absolute Gasteiger partial charge is 0.328 e. The minimum Gasteiger partial charge on any atom is -0.478 e. The Morgan fingerprint density at radius 1 is 1.26 bits per heavy atom. The summed E-state index contributed by atoms with van der Waals surface area (Å²) in [4.78, 5) is 18.9. The lowest BCUT2D eigenvalue weighted by Gasteiger charge is -2.06. The van der Waals surface area contributed by atoms with E-state index in [4.69, 9.17) is 5.11 Å². The minimum atomic E-state index is -1.01. The molecule has 0 atom stereocenters. The van der Waals surface area contributed by atoms with Crippen LogP contribution in [-0.4, -0.2) is 21.0 Å². The lowest BCUT2D eigenvalue weighted by Crippen LogP contribution is -1.94. The number of carboxylic acids is 1. The highest BCUT2D eigenvalue weighted by molar-refractivity contribution is 5.84. The van der Waals surface area contributed by atoms with Crippen LogP contribution in [0.25, 0.3) is 17.3 Å². The van der Waals surface area contributed by atoms with Gasteiger partial charge >= 0.3 is 5.97 Å². The largest absolute Gasteiger partial charge is 0.478 e. The van der Waals surface area contributed by atoms with Crippen LogP contribution in [0.1, 0.15) is 17.0 Å². The molecule has 0 radical (unpaired) electrons. The Morgan fingerprint density at radius 2 is 2.05 bits per heavy atom. The molecule has 0 aliphatic rings. The summed E-state index contributed by atoms with van der Waals surface area (Å²) >= 11 is 0. The van der Waals surface area contributed by atoms with E-state index in [0.29, 0.717) is 5.82 Å². The Labute approximate surface area is 111 Å². The van der Waals surface area contributed by atoms with Crippen molar-refractivity contribution in [3.8, 4) is 11.3 Å². The summed E-state index contributed by atoms with van der Waals surface area (Å²) in [7, 11) is 0. The second kappa shape index (κ2) is 5.44. The number of carboxylic acid groups (broad SMARTS) is 1. The van der Waals surface area contributed by atoms with Crippen LogP contribution < -0.4 is 0 Å². The third kappa shape index (κ3) is 3.25. The molecule has 4 heteroatoms. The summed E-state index contributed by atoms with van der Waals surface area (Å²) in [5, 5.41) is 8.60. The Morgan fingerprint density at radius 3 is 2.79 bits per heavy atom. The number of aromatic nitrogens is 2. The number of hydrogen-bond acceptors (Lipinski definition) is 3. The molecule has 0 saturated carbocycles. The maximum Gasteiger partial charge on any atom is 0.328 e. The summed E-state index contributed by atoms with van der Waals surface area (Å²) in [6.45, 7) is 4.04. The van der Waals surface area contributed by atoms with E-state index < -0.39 is 5.97 Å². The molecule has 0 fully saturated rings. The number of rotatable bonds is 3. The molecule has 0 spiro atoms. The highest BCUT2D eigenvalue weighted by Crippen LogP contribution is 2.22. The molecular formula is C15H14N2O2. The van der Waals surface area contributed by atoms with E-state index in [0.717, 1.165) is 28.5 Å². The molecule has 4 nitrogen and oxygen atoms in total. The monoisotopic (exact) mass is 254 g/mol. The summed E-state index contributed by atoms with van der Waals surface area (Å²) in [6.07, 6.45) is 4.05. The maximum absolute atomic E-state index is 10.5. The van der Waals surface area contributed by atoms with Crippen molar-refractivity contribution in [1.29, 1.82) is 0 Å². The molecule has 0 bridgehead atoms. The topological polar surface area (TPSA) is 63.1 Å². The van der Waals surface area contributed by atoms with E-state index in [1.807, 2.05) is 32.0 Å². The van der Waals surface area contributed by atoms with Crippen LogP contribution in [0.3, 0.4) is 0 Å². The van der Waals surface area contributed by atoms with Crippen molar-refractivity contribution in [3.63, 3.8) is 0 Å². The van der Waals surface area contributed by atoms with Crippen molar-refractivity contribution in [2.45, 2.75) is 13.8 Å². The third-order valence-electron chi connectivity index (χ3n) is 2.72. The van der Waals surface area contributed by atoms with Crippen molar-refractivity contribution in [2.75, 3.05) is 0 Å². The summed E-state index contributed by atoms with van der Waals surface area (Å²) in [6, 6.07) is 7.97. The number of benzene rings is 1. The van der Waals surface area contributed by atoms with Crippen molar-refractivity contribution in [2.24, 2.45) is 0 Å². The number of carbonyl (C=O) groups is 1. The Kier molecular flexibility index (Phi) is 3.71. The van der Waals surface area contributed by atoms with Crippen LogP contribution in [0.15, 0.2) is 36.5 Å². The van der Waals surface area contributed by atoms with Crippen molar-refractivity contribution < 1.29 is 9.90 Å². The van der Waals surface area contributed by atoms with Gasteiger partial charge in [-0.2, -0.15) is 0 Å². The van der Waals surface area contributed by atoms with Gasteiger partial charge in [0.05, 0.1) is 5.69 Å². The van der Waals surface area contributed by atoms with Gasteiger partial charge in [0.25, 0.3) is 0 Å². The predicted octanol–water partition coefficient (Wildman–Crippen LogP) is 2.86. The second-order valence-corrected chi connectivity index (χ2v) is 4.29. The van der Waals surface area contributed by atoms with Crippen LogP contribution >= 0.6 is 0 Å². The number of aliphatic carboxylic acids is 1. The molecule has 2 aromatic rings. The first kappa shape index (κ1) is 13.0. The van der Waals surface area contributed by atoms with Gasteiger partial charge in [0, 0.05) is 17.8 Å². The molecule has 1 heterocycles. The normalized spacial score (nSPS) is 10.8. The van der Waals surface area contributed by atoms with Gasteiger partial charge in [0.15, 0.2) is 5.82 Å². The summed E-state index contributed by atoms with van der Waals surface area (Å²) in [5.74, 6) is -0.624. The average molecular weight is 254 g/mol. The van der Waals surface area contributed by atoms with E-state index >= 15 is 0 Å². The first-order valence-corrected chi connectivity index (χ1v) is 5.88. The van der Waals surface area contributed by atoms with Crippen LogP contribution in [0.2, 0.25) is 0 Å². The van der Waals surface area contributed by atoms with Crippen molar-refractivity contribution in [3.05, 3.63) is 53.5 Å². The summed E-state index contributed by atoms with van der Waals surface area (Å²) < 4.78 is 0. The molecule has 96 valence electrons. The molecule has 0 unspecified atom stereocenters. The van der Waals surface area contributed by atoms with E-state index in [9.17, 15) is 4.79 Å². The maximum atomic E-state index is 10.5. The lowest BCUT2D eigenvalue weighted by atomic mass is 10.0. The predicted molar refractivity (Wildman–Crippen MR) is 73.6 cm³/mol. The first-order valence-electron chi connectivity index (χ1n) is 5.88. The zero-order valence-electron chi connectivity index (χ0n) is 10.8. The van der Waals surface area contributed by atoms with Crippen LogP contribution in [-0.2, 0) is 4.79 Å². The lowest BCUT2D eigenvalue weighted by molar-refractivity contribution is -0.131. The Balaban J connectivity index is 2.43. The number of nitrogens with zero attached hydrogens (tertiary/aromatic N) is 2. The molecule has 1 aromatic heterocycles. The van der Waals surface area contributed by atoms with Gasteiger partial charge in [-0.05, 0) is 37.6 Å². The highest BCUT2D eigenvalue weighted by atomic mass is 16.4. The molecule has 2 rings (SSSR count). The molecule has 1 N–H and O–H groups in total. The van der Waals surface area contributed by atoms with Gasteiger partial charge in [-0.3, -0.25) is 0 Å². The molecule has 0 aliphatic heterocycles. The molecule has 1 aromatic carbocycles. The third-order valence-corrected chi connectivity index (χ3v) is 2.72. The van der Waals surface area contributed by atoms with Gasteiger partial charge in [-0.15, -0.1) is 0 Å². The zero-order chi connectivity index (χ0) is 13.8. The van der Waals surface area contributed by atoms with Gasteiger partial charge in [-0.1, -0.05) is 17.7 Å². The average Bonchev–Trinajstić information content (AvgIpc) is 2.39. The zero-order valence-corrected chi connectivity index (χ0v) is 10.8. The molecule has 0 amide bonds. The SMILES string of the molecule is Cc1ccc(C)c(-c2ccnc(/C=C/C(=O)O)n2)c1. The van der Waals surface area contributed by atoms with Crippen molar-refractivity contribution >= 4 is 12.0 Å². The van der Waals surface area contributed by atoms with Gasteiger partial charge in [0.1, 0.15) is 0 Å². The molecule has 0 aliphatic carbocycles. The molecule has 0 saturated heterocycles. The molecular weight excluding hydrogens is 240 g/mol. The van der Waals surface area contributed by atoms with E-state index in [1.165, 1.54) is 6.08 Å². The number of hydrogen-bond donors (Lipinski definition) is 1. The van der Waals surface area contributed by atoms with Crippen LogP contribution in [0.5, 0.6) is 0 Å². The first-order chi connectivity index (χ1) is 9.06. The van der Waals surface area contributed by atoms with Gasteiger partial charge in [0.2, 0.25) is 0 Å². The van der Waals surface area contributed by atoms with E-state index in [-0.39, 0.29) is 0 Å². The van der Waals surface area contributed by atoms with Crippen LogP contribution in [0.4, 0.5) is 0 Å². The van der Waals surface area contributed by atoms with Gasteiger partial charge in [-0.25, -0.2) is 14.8 Å². The second-order valence-electron chi connectivity index (χ2n) is 4.29. The van der Waals surface area contributed by atoms with Crippen molar-refractivity contribution in [1.82, 2.24) is 9.97 Å². The fourth-order valence-corrected chi connectivity index (χ4v) is 1.76. The quantitative estimate of drug-likeness (QED) is 0.855. The van der Waals surface area contributed by atoms with E-state index in [1.54, 1.807) is 6.20 Å². The van der Waals surface area contributed by atoms with E-state index in [2.05, 4.69) is 16.0 Å². The summed E-state index contributed by atoms with van der Waals surface area (Å²) in [5.41, 5.74) is 4.10. The number of aryl methyl sites for hydroxylation is 2. The fraction of sp³-hybridized carbons (Fsp3) is 0.133.